The fourth-order valence-corrected chi connectivity index (χ4v) is 1.79. The molecule has 2 aromatic rings. The van der Waals surface area contributed by atoms with E-state index >= 15 is 0 Å². The number of hydrogen-bond donors (Lipinski definition) is 3. The van der Waals surface area contributed by atoms with E-state index in [1.165, 1.54) is 36.5 Å². The van der Waals surface area contributed by atoms with Gasteiger partial charge in [0, 0.05) is 18.7 Å². The van der Waals surface area contributed by atoms with Gasteiger partial charge in [0.05, 0.1) is 16.8 Å². The van der Waals surface area contributed by atoms with Crippen LogP contribution in [-0.2, 0) is 0 Å². The predicted molar refractivity (Wildman–Crippen MR) is 97.8 cm³/mol. The molecule has 0 fully saturated rings. The Morgan fingerprint density at radius 1 is 1.28 bits per heavy atom. The Bertz CT molecular complexity index is 853. The van der Waals surface area contributed by atoms with Crippen molar-refractivity contribution in [2.75, 3.05) is 7.05 Å². The van der Waals surface area contributed by atoms with E-state index in [-0.39, 0.29) is 17.1 Å². The molecule has 0 bridgehead atoms. The van der Waals surface area contributed by atoms with Crippen molar-refractivity contribution in [3.05, 3.63) is 58.1 Å². The molecule has 0 heterocycles. The summed E-state index contributed by atoms with van der Waals surface area (Å²) in [5.41, 5.74) is 3.33. The molecule has 3 N–H and O–H groups in total. The summed E-state index contributed by atoms with van der Waals surface area (Å²) in [5, 5.41) is 35.5. The number of nitrogens with zero attached hydrogens (tertiary/aromatic N) is 4. The molecule has 0 atom stereocenters. The van der Waals surface area contributed by atoms with Crippen molar-refractivity contribution in [3.63, 3.8) is 0 Å². The minimum Gasteiger partial charge on any atom is -0.507 e. The third-order valence-electron chi connectivity index (χ3n) is 2.96. The number of nitro benzene ring substituents is 1. The van der Waals surface area contributed by atoms with Crippen LogP contribution in [0.4, 0.5) is 17.1 Å². The molecule has 0 saturated heterocycles. The summed E-state index contributed by atoms with van der Waals surface area (Å²) < 4.78 is 0. The summed E-state index contributed by atoms with van der Waals surface area (Å²) in [6.07, 6.45) is 1.36. The zero-order valence-electron chi connectivity index (χ0n) is 13.1. The highest BCUT2D eigenvalue weighted by Crippen LogP contribution is 2.29. The first-order valence-electron chi connectivity index (χ1n) is 7.00. The lowest BCUT2D eigenvalue weighted by Crippen LogP contribution is -2.28. The first-order chi connectivity index (χ1) is 12.0. The summed E-state index contributed by atoms with van der Waals surface area (Å²) in [6.45, 7) is 0. The average molecular weight is 358 g/mol. The Kier molecular flexibility index (Phi) is 6.07. The Labute approximate surface area is 148 Å². The molecule has 0 radical (unpaired) electrons. The molecule has 9 nitrogen and oxygen atoms in total. The number of phenols is 1. The lowest BCUT2D eigenvalue weighted by molar-refractivity contribution is -0.384. The number of benzene rings is 2. The number of hydrogen-bond acceptors (Lipinski definition) is 7. The van der Waals surface area contributed by atoms with Crippen molar-refractivity contribution in [3.8, 4) is 5.75 Å². The minimum atomic E-state index is -0.528. The predicted octanol–water partition coefficient (Wildman–Crippen LogP) is 3.14. The minimum absolute atomic E-state index is 0.00873. The molecular weight excluding hydrogens is 344 g/mol. The molecule has 10 heteroatoms. The lowest BCUT2D eigenvalue weighted by atomic mass is 10.2. The van der Waals surface area contributed by atoms with Gasteiger partial charge in [-0.15, -0.1) is 5.11 Å². The second kappa shape index (κ2) is 8.45. The van der Waals surface area contributed by atoms with Crippen LogP contribution in [0.25, 0.3) is 0 Å². The number of aromatic hydroxyl groups is 1. The molecule has 0 aliphatic heterocycles. The van der Waals surface area contributed by atoms with Crippen molar-refractivity contribution < 1.29 is 10.0 Å². The standard InChI is InChI=1S/C15H14N6O3S/c1-16-15(25)20-17-9-10-8-11(6-7-14(10)22)18-19-12-4-2-3-5-13(12)21(23)24/h2-9,22H,1H3,(H2,16,20,25)/b17-9+,19-18?. The summed E-state index contributed by atoms with van der Waals surface area (Å²) in [4.78, 5) is 10.4. The molecular formula is C15H14N6O3S. The van der Waals surface area contributed by atoms with Crippen LogP contribution in [0.2, 0.25) is 0 Å². The molecule has 2 aromatic carbocycles. The number of nitro groups is 1. The number of thiocarbonyl (C=S) groups is 1. The quantitative estimate of drug-likeness (QED) is 0.248. The molecule has 128 valence electrons. The zero-order valence-corrected chi connectivity index (χ0v) is 13.9. The second-order valence-electron chi connectivity index (χ2n) is 4.64. The fraction of sp³-hybridized carbons (Fsp3) is 0.0667. The Balaban J connectivity index is 2.22. The summed E-state index contributed by atoms with van der Waals surface area (Å²) in [5.74, 6) is -0.00873. The maximum Gasteiger partial charge on any atom is 0.296 e. The van der Waals surface area contributed by atoms with Gasteiger partial charge in [-0.1, -0.05) is 12.1 Å². The lowest BCUT2D eigenvalue weighted by Gasteiger charge is -2.02. The van der Waals surface area contributed by atoms with Crippen LogP contribution in [0.15, 0.2) is 57.8 Å². The van der Waals surface area contributed by atoms with Crippen molar-refractivity contribution in [1.29, 1.82) is 0 Å². The number of rotatable bonds is 5. The van der Waals surface area contributed by atoms with Crippen LogP contribution in [0.1, 0.15) is 5.56 Å². The van der Waals surface area contributed by atoms with Crippen LogP contribution in [0, 0.1) is 10.1 Å². The first kappa shape index (κ1) is 17.9. The molecule has 0 aromatic heterocycles. The van der Waals surface area contributed by atoms with Crippen LogP contribution in [0.5, 0.6) is 5.75 Å². The second-order valence-corrected chi connectivity index (χ2v) is 5.05. The summed E-state index contributed by atoms with van der Waals surface area (Å²) in [6, 6.07) is 10.5. The number of azo groups is 1. The monoisotopic (exact) mass is 358 g/mol. The van der Waals surface area contributed by atoms with Gasteiger partial charge in [-0.05, 0) is 36.5 Å². The third-order valence-corrected chi connectivity index (χ3v) is 3.25. The summed E-state index contributed by atoms with van der Waals surface area (Å²) in [7, 11) is 1.64. The molecule has 0 unspecified atom stereocenters. The Morgan fingerprint density at radius 2 is 2.04 bits per heavy atom. The van der Waals surface area contributed by atoms with Gasteiger partial charge in [0.1, 0.15) is 5.75 Å². The van der Waals surface area contributed by atoms with Crippen LogP contribution < -0.4 is 10.7 Å². The van der Waals surface area contributed by atoms with Gasteiger partial charge in [0.15, 0.2) is 10.8 Å². The highest BCUT2D eigenvalue weighted by atomic mass is 32.1. The van der Waals surface area contributed by atoms with Crippen LogP contribution >= 0.6 is 12.2 Å². The Morgan fingerprint density at radius 3 is 2.76 bits per heavy atom. The number of para-hydroxylation sites is 1. The van der Waals surface area contributed by atoms with E-state index in [0.717, 1.165) is 0 Å². The van der Waals surface area contributed by atoms with Gasteiger partial charge < -0.3 is 10.4 Å². The molecule has 25 heavy (non-hydrogen) atoms. The highest BCUT2D eigenvalue weighted by molar-refractivity contribution is 7.80. The van der Waals surface area contributed by atoms with E-state index in [0.29, 0.717) is 16.4 Å². The number of nitrogens with one attached hydrogen (secondary N) is 2. The van der Waals surface area contributed by atoms with Gasteiger partial charge in [-0.2, -0.15) is 10.2 Å². The van der Waals surface area contributed by atoms with Crippen molar-refractivity contribution in [1.82, 2.24) is 10.7 Å². The molecule has 2 rings (SSSR count). The molecule has 0 aliphatic carbocycles. The van der Waals surface area contributed by atoms with Gasteiger partial charge >= 0.3 is 0 Å². The van der Waals surface area contributed by atoms with Gasteiger partial charge in [0.2, 0.25) is 0 Å². The summed E-state index contributed by atoms with van der Waals surface area (Å²) >= 11 is 4.87. The van der Waals surface area contributed by atoms with E-state index in [9.17, 15) is 15.2 Å². The first-order valence-corrected chi connectivity index (χ1v) is 7.41. The number of hydrazone groups is 1. The van der Waals surface area contributed by atoms with E-state index in [2.05, 4.69) is 26.1 Å². The largest absolute Gasteiger partial charge is 0.507 e. The van der Waals surface area contributed by atoms with Gasteiger partial charge in [-0.25, -0.2) is 0 Å². The SMILES string of the molecule is CNC(=S)N/N=C/c1cc(N=Nc2ccccc2[N+](=O)[O-])ccc1O. The zero-order chi connectivity index (χ0) is 18.2. The van der Waals surface area contributed by atoms with Gasteiger partial charge in [0.25, 0.3) is 5.69 Å². The third kappa shape index (κ3) is 5.04. The smallest absolute Gasteiger partial charge is 0.296 e. The maximum absolute atomic E-state index is 11.0. The maximum atomic E-state index is 11.0. The molecule has 0 saturated carbocycles. The fourth-order valence-electron chi connectivity index (χ4n) is 1.74. The van der Waals surface area contributed by atoms with Crippen LogP contribution in [0.3, 0.4) is 0 Å². The molecule has 0 amide bonds. The van der Waals surface area contributed by atoms with E-state index in [1.54, 1.807) is 19.2 Å². The average Bonchev–Trinajstić information content (AvgIpc) is 2.62. The normalized spacial score (nSPS) is 10.9. The molecule has 0 aliphatic rings. The van der Waals surface area contributed by atoms with Crippen LogP contribution in [-0.4, -0.2) is 28.4 Å². The number of phenolic OH excluding ortho intramolecular Hbond substituents is 1. The van der Waals surface area contributed by atoms with Crippen molar-refractivity contribution in [2.24, 2.45) is 15.3 Å². The van der Waals surface area contributed by atoms with Crippen molar-refractivity contribution >= 4 is 40.6 Å². The highest BCUT2D eigenvalue weighted by Gasteiger charge is 2.11. The Hall–Kier alpha value is -3.40. The van der Waals surface area contributed by atoms with E-state index < -0.39 is 4.92 Å². The molecule has 0 spiro atoms. The van der Waals surface area contributed by atoms with E-state index in [1.807, 2.05) is 0 Å². The van der Waals surface area contributed by atoms with Gasteiger partial charge in [-0.3, -0.25) is 15.5 Å². The van der Waals surface area contributed by atoms with E-state index in [4.69, 9.17) is 12.2 Å². The van der Waals surface area contributed by atoms with Crippen molar-refractivity contribution in [2.45, 2.75) is 0 Å². The topological polar surface area (TPSA) is 125 Å².